The van der Waals surface area contributed by atoms with Crippen molar-refractivity contribution in [1.82, 2.24) is 9.97 Å². The van der Waals surface area contributed by atoms with Crippen molar-refractivity contribution < 1.29 is 4.79 Å². The van der Waals surface area contributed by atoms with E-state index in [0.717, 1.165) is 36.9 Å². The molecule has 23 heavy (non-hydrogen) atoms. The Morgan fingerprint density at radius 2 is 1.87 bits per heavy atom. The van der Waals surface area contributed by atoms with Crippen LogP contribution in [0.25, 0.3) is 0 Å². The summed E-state index contributed by atoms with van der Waals surface area (Å²) in [5.41, 5.74) is 8.12. The first-order chi connectivity index (χ1) is 11.0. The maximum absolute atomic E-state index is 12.2. The molecule has 1 aliphatic rings. The van der Waals surface area contributed by atoms with Crippen LogP contribution in [0.15, 0.2) is 18.2 Å². The van der Waals surface area contributed by atoms with Crippen LogP contribution in [0.2, 0.25) is 10.0 Å². The van der Waals surface area contributed by atoms with Crippen LogP contribution in [-0.4, -0.2) is 16.0 Å². The van der Waals surface area contributed by atoms with Gasteiger partial charge in [-0.3, -0.25) is 5.32 Å². The number of aromatic nitrogens is 2. The fraction of sp³-hybridized carbons (Fsp3) is 0.267. The van der Waals surface area contributed by atoms with Gasteiger partial charge >= 0.3 is 6.03 Å². The van der Waals surface area contributed by atoms with Gasteiger partial charge in [-0.2, -0.15) is 4.98 Å². The van der Waals surface area contributed by atoms with Gasteiger partial charge in [-0.15, -0.1) is 0 Å². The van der Waals surface area contributed by atoms with Gasteiger partial charge < -0.3 is 11.1 Å². The molecule has 6 nitrogen and oxygen atoms in total. The molecule has 4 N–H and O–H groups in total. The molecule has 2 amide bonds. The predicted molar refractivity (Wildman–Crippen MR) is 92.2 cm³/mol. The van der Waals surface area contributed by atoms with Crippen molar-refractivity contribution in [2.75, 3.05) is 16.4 Å². The average molecular weight is 352 g/mol. The number of hydrogen-bond donors (Lipinski definition) is 3. The molecule has 0 bridgehead atoms. The number of hydrogen-bond acceptors (Lipinski definition) is 4. The van der Waals surface area contributed by atoms with Gasteiger partial charge in [0.25, 0.3) is 0 Å². The zero-order chi connectivity index (χ0) is 16.4. The van der Waals surface area contributed by atoms with Crippen molar-refractivity contribution in [3.63, 3.8) is 0 Å². The van der Waals surface area contributed by atoms with Crippen molar-refractivity contribution in [1.29, 1.82) is 0 Å². The van der Waals surface area contributed by atoms with Crippen molar-refractivity contribution in [3.8, 4) is 0 Å². The second kappa shape index (κ2) is 6.60. The highest BCUT2D eigenvalue weighted by molar-refractivity contribution is 6.42. The molecule has 0 saturated carbocycles. The lowest BCUT2D eigenvalue weighted by atomic mass is 9.96. The van der Waals surface area contributed by atoms with Crippen LogP contribution < -0.4 is 16.4 Å². The van der Waals surface area contributed by atoms with Crippen LogP contribution in [0, 0.1) is 0 Å². The van der Waals surface area contributed by atoms with Gasteiger partial charge in [-0.05, 0) is 43.9 Å². The van der Waals surface area contributed by atoms with E-state index >= 15 is 0 Å². The highest BCUT2D eigenvalue weighted by Gasteiger charge is 2.18. The van der Waals surface area contributed by atoms with Gasteiger partial charge in [0.1, 0.15) is 5.82 Å². The SMILES string of the molecule is Nc1nc2c(c(NC(=O)Nc3ccc(Cl)c(Cl)c3)n1)CCCC2. The molecule has 1 heterocycles. The van der Waals surface area contributed by atoms with E-state index in [1.54, 1.807) is 18.2 Å². The fourth-order valence-corrected chi connectivity index (χ4v) is 2.86. The minimum atomic E-state index is -0.422. The zero-order valence-electron chi connectivity index (χ0n) is 12.2. The summed E-state index contributed by atoms with van der Waals surface area (Å²) >= 11 is 11.8. The lowest BCUT2D eigenvalue weighted by Crippen LogP contribution is -2.23. The summed E-state index contributed by atoms with van der Waals surface area (Å²) in [6, 6.07) is 4.43. The molecule has 0 radical (unpaired) electrons. The topological polar surface area (TPSA) is 92.9 Å². The number of amides is 2. The maximum atomic E-state index is 12.2. The average Bonchev–Trinajstić information content (AvgIpc) is 2.51. The Hall–Kier alpha value is -2.05. The molecule has 0 atom stereocenters. The molecule has 1 aliphatic carbocycles. The van der Waals surface area contributed by atoms with Gasteiger partial charge in [-0.1, -0.05) is 23.2 Å². The van der Waals surface area contributed by atoms with Crippen molar-refractivity contribution >= 4 is 46.7 Å². The minimum Gasteiger partial charge on any atom is -0.368 e. The number of urea groups is 1. The molecule has 0 saturated heterocycles. The Bertz CT molecular complexity index is 766. The third-order valence-electron chi connectivity index (χ3n) is 3.61. The van der Waals surface area contributed by atoms with Crippen LogP contribution in [0.4, 0.5) is 22.2 Å². The Morgan fingerprint density at radius 1 is 1.09 bits per heavy atom. The number of nitrogens with zero attached hydrogens (tertiary/aromatic N) is 2. The third-order valence-corrected chi connectivity index (χ3v) is 4.35. The monoisotopic (exact) mass is 351 g/mol. The molecule has 8 heteroatoms. The van der Waals surface area contributed by atoms with E-state index in [4.69, 9.17) is 28.9 Å². The first kappa shape index (κ1) is 15.8. The largest absolute Gasteiger partial charge is 0.368 e. The molecule has 0 spiro atoms. The first-order valence-corrected chi connectivity index (χ1v) is 7.97. The number of benzene rings is 1. The Kier molecular flexibility index (Phi) is 4.54. The second-order valence-corrected chi connectivity index (χ2v) is 6.09. The zero-order valence-corrected chi connectivity index (χ0v) is 13.7. The van der Waals surface area contributed by atoms with E-state index in [2.05, 4.69) is 20.6 Å². The minimum absolute atomic E-state index is 0.162. The number of halogens is 2. The summed E-state index contributed by atoms with van der Waals surface area (Å²) in [6.45, 7) is 0. The number of fused-ring (bicyclic) bond motifs is 1. The van der Waals surface area contributed by atoms with Crippen LogP contribution in [-0.2, 0) is 12.8 Å². The lowest BCUT2D eigenvalue weighted by molar-refractivity contribution is 0.262. The third kappa shape index (κ3) is 3.65. The standard InChI is InChI=1S/C15H15Cl2N5O/c16-10-6-5-8(7-11(10)17)19-15(23)22-13-9-3-1-2-4-12(9)20-14(18)21-13/h5-7H,1-4H2,(H4,18,19,20,21,22,23). The molecule has 3 rings (SSSR count). The van der Waals surface area contributed by atoms with Crippen molar-refractivity contribution in [3.05, 3.63) is 39.5 Å². The van der Waals surface area contributed by atoms with Crippen LogP contribution in [0.1, 0.15) is 24.1 Å². The summed E-state index contributed by atoms with van der Waals surface area (Å²) in [6.07, 6.45) is 3.80. The Balaban J connectivity index is 1.77. The highest BCUT2D eigenvalue weighted by Crippen LogP contribution is 2.27. The summed E-state index contributed by atoms with van der Waals surface area (Å²) in [7, 11) is 0. The van der Waals surface area contributed by atoms with E-state index in [1.165, 1.54) is 0 Å². The highest BCUT2D eigenvalue weighted by atomic mass is 35.5. The molecule has 0 fully saturated rings. The van der Waals surface area contributed by atoms with Crippen LogP contribution >= 0.6 is 23.2 Å². The number of nitrogens with one attached hydrogen (secondary N) is 2. The smallest absolute Gasteiger partial charge is 0.324 e. The van der Waals surface area contributed by atoms with E-state index < -0.39 is 6.03 Å². The molecule has 0 aliphatic heterocycles. The molecule has 120 valence electrons. The van der Waals surface area contributed by atoms with Crippen molar-refractivity contribution in [2.45, 2.75) is 25.7 Å². The fourth-order valence-electron chi connectivity index (χ4n) is 2.56. The number of carbonyl (C=O) groups is 1. The number of nitrogen functional groups attached to an aromatic ring is 1. The predicted octanol–water partition coefficient (Wildman–Crippen LogP) is 3.89. The summed E-state index contributed by atoms with van der Waals surface area (Å²) in [5, 5.41) is 6.22. The number of aryl methyl sites for hydroxylation is 1. The van der Waals surface area contributed by atoms with Gasteiger partial charge in [0.2, 0.25) is 5.95 Å². The summed E-state index contributed by atoms with van der Waals surface area (Å²) in [4.78, 5) is 20.6. The molecular weight excluding hydrogens is 337 g/mol. The maximum Gasteiger partial charge on any atom is 0.324 e. The lowest BCUT2D eigenvalue weighted by Gasteiger charge is -2.18. The van der Waals surface area contributed by atoms with Gasteiger partial charge in [0.05, 0.1) is 15.7 Å². The second-order valence-electron chi connectivity index (χ2n) is 5.27. The van der Waals surface area contributed by atoms with E-state index in [1.807, 2.05) is 0 Å². The van der Waals surface area contributed by atoms with E-state index in [0.29, 0.717) is 21.6 Å². The molecule has 1 aromatic carbocycles. The van der Waals surface area contributed by atoms with Gasteiger partial charge in [0, 0.05) is 11.3 Å². The number of nitrogens with two attached hydrogens (primary N) is 1. The van der Waals surface area contributed by atoms with E-state index in [9.17, 15) is 4.79 Å². The summed E-state index contributed by atoms with van der Waals surface area (Å²) in [5.74, 6) is 0.625. The number of anilines is 3. The Morgan fingerprint density at radius 3 is 2.65 bits per heavy atom. The Labute approximate surface area is 143 Å². The van der Waals surface area contributed by atoms with Gasteiger partial charge in [0.15, 0.2) is 0 Å². The van der Waals surface area contributed by atoms with Crippen molar-refractivity contribution in [2.24, 2.45) is 0 Å². The van der Waals surface area contributed by atoms with E-state index in [-0.39, 0.29) is 5.95 Å². The van der Waals surface area contributed by atoms with Crippen LogP contribution in [0.5, 0.6) is 0 Å². The summed E-state index contributed by atoms with van der Waals surface area (Å²) < 4.78 is 0. The quantitative estimate of drug-likeness (QED) is 0.764. The number of rotatable bonds is 2. The molecule has 2 aromatic rings. The number of carbonyl (C=O) groups excluding carboxylic acids is 1. The first-order valence-electron chi connectivity index (χ1n) is 7.21. The van der Waals surface area contributed by atoms with Crippen LogP contribution in [0.3, 0.4) is 0 Å². The molecular formula is C15H15Cl2N5O. The van der Waals surface area contributed by atoms with Gasteiger partial charge in [-0.25, -0.2) is 9.78 Å². The molecule has 1 aromatic heterocycles. The molecule has 0 unspecified atom stereocenters. The normalized spacial score (nSPS) is 13.3.